The minimum Gasteiger partial charge on any atom is -0.481 e. The number of Topliss-reactive ketones (excluding diaryl/α,β-unsaturated/α-hetero) is 1. The Balaban J connectivity index is 0.000000285. The molecule has 0 spiro atoms. The maximum Gasteiger partial charge on any atom is 0.313 e. The fraction of sp³-hybridized carbons (Fsp3) is 0.500. The summed E-state index contributed by atoms with van der Waals surface area (Å²) in [5, 5.41) is 10.9. The minimum atomic E-state index is -0.944. The third-order valence-corrected chi connectivity index (χ3v) is 9.12. The van der Waals surface area contributed by atoms with Crippen molar-refractivity contribution in [2.45, 2.75) is 32.4 Å². The van der Waals surface area contributed by atoms with E-state index in [0.29, 0.717) is 6.42 Å². The molecule has 1 amide bonds. The van der Waals surface area contributed by atoms with Crippen LogP contribution in [-0.2, 0) is 19.1 Å². The van der Waals surface area contributed by atoms with Gasteiger partial charge in [0.1, 0.15) is 0 Å². The third kappa shape index (κ3) is 12.4. The Kier molecular flexibility index (Phi) is 15.3. The fourth-order valence-corrected chi connectivity index (χ4v) is 6.44. The second-order valence-corrected chi connectivity index (χ2v) is 12.6. The molecule has 0 aromatic heterocycles. The zero-order valence-corrected chi connectivity index (χ0v) is 26.6. The first-order valence-corrected chi connectivity index (χ1v) is 16.9. The highest BCUT2D eigenvalue weighted by molar-refractivity contribution is 8.14. The molecular weight excluding hydrogens is 587 g/mol. The third-order valence-electron chi connectivity index (χ3n) is 7.20. The van der Waals surface area contributed by atoms with E-state index in [2.05, 4.69) is 46.3 Å². The Morgan fingerprint density at radius 1 is 0.977 bits per heavy atom. The maximum absolute atomic E-state index is 12.6. The quantitative estimate of drug-likeness (QED) is 0.299. The Hall–Kier alpha value is -2.70. The zero-order valence-electron chi connectivity index (χ0n) is 25.0. The summed E-state index contributed by atoms with van der Waals surface area (Å²) in [6.07, 6.45) is 0.787. The lowest BCUT2D eigenvalue weighted by molar-refractivity contribution is -0.133. The number of nitrogens with one attached hydrogen (secondary N) is 1. The Labute approximate surface area is 263 Å². The lowest BCUT2D eigenvalue weighted by Crippen LogP contribution is -2.49. The van der Waals surface area contributed by atoms with Crippen LogP contribution >= 0.6 is 23.5 Å². The van der Waals surface area contributed by atoms with Crippen molar-refractivity contribution in [1.82, 2.24) is 15.1 Å². The molecule has 3 atom stereocenters. The van der Waals surface area contributed by atoms with Gasteiger partial charge in [-0.05, 0) is 18.9 Å². The van der Waals surface area contributed by atoms with Crippen molar-refractivity contribution in [1.29, 1.82) is 0 Å². The molecular formula is C32H43N3O6S2. The number of nitrogens with zero attached hydrogens (tertiary/aromatic N) is 2. The number of rotatable bonds is 14. The first-order chi connectivity index (χ1) is 20.8. The summed E-state index contributed by atoms with van der Waals surface area (Å²) >= 11 is 2.25. The van der Waals surface area contributed by atoms with E-state index in [-0.39, 0.29) is 46.4 Å². The monoisotopic (exact) mass is 629 g/mol. The van der Waals surface area contributed by atoms with E-state index >= 15 is 0 Å². The highest BCUT2D eigenvalue weighted by Gasteiger charge is 2.27. The molecule has 2 heterocycles. The molecule has 0 aliphatic carbocycles. The molecule has 4 rings (SSSR count). The van der Waals surface area contributed by atoms with Crippen molar-refractivity contribution < 1.29 is 29.0 Å². The van der Waals surface area contributed by atoms with Gasteiger partial charge in [0.05, 0.1) is 23.7 Å². The molecule has 43 heavy (non-hydrogen) atoms. The fourth-order valence-electron chi connectivity index (χ4n) is 4.96. The molecule has 3 unspecified atom stereocenters. The van der Waals surface area contributed by atoms with Gasteiger partial charge < -0.3 is 20.1 Å². The molecule has 9 nitrogen and oxygen atoms in total. The van der Waals surface area contributed by atoms with Crippen molar-refractivity contribution in [3.63, 3.8) is 0 Å². The first kappa shape index (κ1) is 34.8. The lowest BCUT2D eigenvalue weighted by atomic mass is 9.98. The van der Waals surface area contributed by atoms with Gasteiger partial charge in [0, 0.05) is 63.1 Å². The topological polar surface area (TPSA) is 116 Å². The number of benzene rings is 2. The molecule has 11 heteroatoms. The van der Waals surface area contributed by atoms with Crippen LogP contribution in [0.2, 0.25) is 0 Å². The number of carbonyl (C=O) groups excluding carboxylic acids is 3. The van der Waals surface area contributed by atoms with E-state index in [1.54, 1.807) is 0 Å². The van der Waals surface area contributed by atoms with E-state index in [4.69, 9.17) is 9.84 Å². The van der Waals surface area contributed by atoms with E-state index in [9.17, 15) is 19.2 Å². The van der Waals surface area contributed by atoms with Gasteiger partial charge in [-0.1, -0.05) is 79.3 Å². The highest BCUT2D eigenvalue weighted by Crippen LogP contribution is 2.21. The molecule has 2 aromatic carbocycles. The van der Waals surface area contributed by atoms with Crippen LogP contribution < -0.4 is 5.32 Å². The first-order valence-electron chi connectivity index (χ1n) is 14.7. The number of hydrogen-bond donors (Lipinski definition) is 2. The number of amides is 1. The normalized spacial score (nSPS) is 18.7. The van der Waals surface area contributed by atoms with Crippen LogP contribution in [0.5, 0.6) is 0 Å². The van der Waals surface area contributed by atoms with Gasteiger partial charge in [-0.3, -0.25) is 24.1 Å². The Bertz CT molecular complexity index is 1160. The van der Waals surface area contributed by atoms with Crippen LogP contribution in [0.4, 0.5) is 0 Å². The van der Waals surface area contributed by atoms with Crippen LogP contribution in [0.25, 0.3) is 0 Å². The maximum atomic E-state index is 12.6. The van der Waals surface area contributed by atoms with E-state index < -0.39 is 5.97 Å². The summed E-state index contributed by atoms with van der Waals surface area (Å²) in [5.74, 6) is -0.228. The summed E-state index contributed by atoms with van der Waals surface area (Å²) in [4.78, 5) is 50.0. The molecule has 2 fully saturated rings. The summed E-state index contributed by atoms with van der Waals surface area (Å²) in [5.41, 5.74) is 2.06. The summed E-state index contributed by atoms with van der Waals surface area (Å²) < 4.78 is 6.00. The number of thioether (sulfide) groups is 2. The number of carboxylic acids is 1. The van der Waals surface area contributed by atoms with Crippen LogP contribution in [0.15, 0.2) is 60.7 Å². The lowest BCUT2D eigenvalue weighted by Gasteiger charge is -2.37. The smallest absolute Gasteiger partial charge is 0.313 e. The standard InChI is InChI=1S/C24H32N2O2.C8H11NO4S2/c1-3-28-23(21-10-6-4-7-11-21)19-26-16-14-25(15-17-26)18-20(2)24(27)22-12-8-5-9-13-22;10-6(3-14-4-7(11)12)9-5-1-2-15-8(5)13/h4-13,20,23H,3,14-19H2,1-2H3;5H,1-4H2,(H,9,10)(H,11,12). The second kappa shape index (κ2) is 18.9. The molecule has 2 N–H and O–H groups in total. The van der Waals surface area contributed by atoms with Crippen molar-refractivity contribution in [3.8, 4) is 0 Å². The largest absolute Gasteiger partial charge is 0.481 e. The van der Waals surface area contributed by atoms with Crippen LogP contribution in [-0.4, -0.2) is 107 Å². The molecule has 0 saturated carbocycles. The SMILES string of the molecule is CCOC(CN1CCN(CC(C)C(=O)c2ccccc2)CC1)c1ccccc1.O=C(O)CSCC(=O)NC1CCSC1=O. The van der Waals surface area contributed by atoms with Gasteiger partial charge in [0.15, 0.2) is 5.78 Å². The van der Waals surface area contributed by atoms with Crippen LogP contribution in [0.3, 0.4) is 0 Å². The van der Waals surface area contributed by atoms with Crippen molar-refractivity contribution >= 4 is 46.3 Å². The molecule has 2 aliphatic heterocycles. The predicted molar refractivity (Wildman–Crippen MR) is 173 cm³/mol. The number of piperazine rings is 1. The number of aliphatic carboxylic acids is 1. The van der Waals surface area contributed by atoms with Gasteiger partial charge in [-0.2, -0.15) is 0 Å². The Morgan fingerprint density at radius 3 is 2.14 bits per heavy atom. The molecule has 234 valence electrons. The van der Waals surface area contributed by atoms with E-state index in [1.165, 1.54) is 17.3 Å². The molecule has 2 aliphatic rings. The number of carbonyl (C=O) groups is 4. The molecule has 2 saturated heterocycles. The van der Waals surface area contributed by atoms with Crippen LogP contribution in [0, 0.1) is 5.92 Å². The van der Waals surface area contributed by atoms with E-state index in [1.807, 2.05) is 43.3 Å². The summed E-state index contributed by atoms with van der Waals surface area (Å²) in [6.45, 7) is 10.6. The predicted octanol–water partition coefficient (Wildman–Crippen LogP) is 3.85. The number of ether oxygens (including phenoxy) is 1. The zero-order chi connectivity index (χ0) is 31.0. The average Bonchev–Trinajstić information content (AvgIpc) is 3.42. The van der Waals surface area contributed by atoms with Crippen molar-refractivity contribution in [2.75, 3.05) is 63.1 Å². The van der Waals surface area contributed by atoms with Gasteiger partial charge in [-0.25, -0.2) is 0 Å². The molecule has 0 bridgehead atoms. The average molecular weight is 630 g/mol. The van der Waals surface area contributed by atoms with Gasteiger partial charge >= 0.3 is 5.97 Å². The number of ketones is 1. The molecule has 2 aromatic rings. The Morgan fingerprint density at radius 2 is 1.58 bits per heavy atom. The number of hydrogen-bond acceptors (Lipinski definition) is 9. The van der Waals surface area contributed by atoms with Gasteiger partial charge in [0.2, 0.25) is 11.0 Å². The molecule has 0 radical (unpaired) electrons. The van der Waals surface area contributed by atoms with Crippen LogP contribution in [0.1, 0.15) is 42.3 Å². The second-order valence-electron chi connectivity index (χ2n) is 10.6. The minimum absolute atomic E-state index is 0.00779. The van der Waals surface area contributed by atoms with Crippen molar-refractivity contribution in [3.05, 3.63) is 71.8 Å². The van der Waals surface area contributed by atoms with Crippen molar-refractivity contribution in [2.24, 2.45) is 5.92 Å². The van der Waals surface area contributed by atoms with Gasteiger partial charge in [-0.15, -0.1) is 11.8 Å². The van der Waals surface area contributed by atoms with Gasteiger partial charge in [0.25, 0.3) is 0 Å². The number of carboxylic acid groups (broad SMARTS) is 1. The van der Waals surface area contributed by atoms with E-state index in [0.717, 1.165) is 69.0 Å². The summed E-state index contributed by atoms with van der Waals surface area (Å²) in [7, 11) is 0. The highest BCUT2D eigenvalue weighted by atomic mass is 32.2. The summed E-state index contributed by atoms with van der Waals surface area (Å²) in [6, 6.07) is 19.7.